The van der Waals surface area contributed by atoms with Crippen LogP contribution in [0.15, 0.2) is 12.1 Å². The molecule has 1 atom stereocenters. The zero-order valence-electron chi connectivity index (χ0n) is 13.0. The Bertz CT molecular complexity index is 463. The van der Waals surface area contributed by atoms with Gasteiger partial charge in [0.25, 0.3) is 0 Å². The Morgan fingerprint density at radius 3 is 2.67 bits per heavy atom. The minimum absolute atomic E-state index is 0.0419. The lowest BCUT2D eigenvalue weighted by atomic mass is 10.1. The molecule has 118 valence electrons. The van der Waals surface area contributed by atoms with Crippen molar-refractivity contribution in [3.63, 3.8) is 0 Å². The first-order chi connectivity index (χ1) is 9.97. The Balaban J connectivity index is 2.56. The van der Waals surface area contributed by atoms with Gasteiger partial charge in [0, 0.05) is 12.1 Å². The normalized spacial score (nSPS) is 12.4. The molecular weight excluding hydrogens is 270 g/mol. The predicted molar refractivity (Wildman–Crippen MR) is 85.4 cm³/mol. The van der Waals surface area contributed by atoms with Crippen molar-refractivity contribution in [2.24, 2.45) is 0 Å². The maximum atomic E-state index is 11.0. The molecule has 0 aliphatic heterocycles. The third kappa shape index (κ3) is 5.55. The smallest absolute Gasteiger partial charge is 0.311 e. The van der Waals surface area contributed by atoms with Gasteiger partial charge in [0.2, 0.25) is 5.82 Å². The van der Waals surface area contributed by atoms with E-state index in [1.165, 1.54) is 12.1 Å². The molecule has 0 saturated carbocycles. The van der Waals surface area contributed by atoms with Crippen LogP contribution < -0.4 is 11.1 Å². The quantitative estimate of drug-likeness (QED) is 0.536. The van der Waals surface area contributed by atoms with Crippen LogP contribution in [0.4, 0.5) is 17.3 Å². The second-order valence-corrected chi connectivity index (χ2v) is 5.08. The molecule has 0 saturated heterocycles. The lowest BCUT2D eigenvalue weighted by Gasteiger charge is -2.20. The Labute approximate surface area is 125 Å². The minimum atomic E-state index is -0.447. The molecule has 1 unspecified atom stereocenters. The van der Waals surface area contributed by atoms with E-state index in [4.69, 9.17) is 5.73 Å². The highest BCUT2D eigenvalue weighted by Gasteiger charge is 2.17. The Hall–Kier alpha value is -1.89. The summed E-state index contributed by atoms with van der Waals surface area (Å²) in [5.41, 5.74) is 5.56. The Morgan fingerprint density at radius 1 is 1.43 bits per heavy atom. The number of nitrogens with one attached hydrogen (secondary N) is 1. The highest BCUT2D eigenvalue weighted by Crippen LogP contribution is 2.24. The number of nitrogen functional groups attached to an aromatic ring is 1. The highest BCUT2D eigenvalue weighted by molar-refractivity contribution is 5.59. The molecule has 21 heavy (non-hydrogen) atoms. The number of anilines is 2. The largest absolute Gasteiger partial charge is 0.384 e. The molecule has 7 heteroatoms. The average Bonchev–Trinajstić information content (AvgIpc) is 2.43. The monoisotopic (exact) mass is 295 g/mol. The van der Waals surface area contributed by atoms with Crippen molar-refractivity contribution in [2.75, 3.05) is 30.7 Å². The molecule has 1 rings (SSSR count). The van der Waals surface area contributed by atoms with E-state index in [1.54, 1.807) is 0 Å². The van der Waals surface area contributed by atoms with Crippen molar-refractivity contribution in [1.82, 2.24) is 9.88 Å². The fourth-order valence-electron chi connectivity index (χ4n) is 2.19. The molecular formula is C14H25N5O2. The van der Waals surface area contributed by atoms with Gasteiger partial charge in [-0.05, 0) is 45.5 Å². The third-order valence-corrected chi connectivity index (χ3v) is 3.48. The fraction of sp³-hybridized carbons (Fsp3) is 0.643. The summed E-state index contributed by atoms with van der Waals surface area (Å²) in [6, 6.07) is 2.93. The van der Waals surface area contributed by atoms with Crippen LogP contribution in [0.2, 0.25) is 0 Å². The van der Waals surface area contributed by atoms with Gasteiger partial charge in [-0.1, -0.05) is 13.8 Å². The molecule has 0 radical (unpaired) electrons. The van der Waals surface area contributed by atoms with Crippen molar-refractivity contribution < 1.29 is 4.92 Å². The minimum Gasteiger partial charge on any atom is -0.384 e. The summed E-state index contributed by atoms with van der Waals surface area (Å²) in [6.45, 7) is 9.40. The van der Waals surface area contributed by atoms with Crippen LogP contribution in [0.3, 0.4) is 0 Å². The number of hydrogen-bond donors (Lipinski definition) is 2. The number of rotatable bonds is 9. The van der Waals surface area contributed by atoms with E-state index < -0.39 is 4.92 Å². The van der Waals surface area contributed by atoms with Gasteiger partial charge >= 0.3 is 5.69 Å². The SMILES string of the molecule is CCN(CC)CCCC(C)Nc1nc(N)ccc1[N+](=O)[O-]. The average molecular weight is 295 g/mol. The van der Waals surface area contributed by atoms with E-state index in [0.29, 0.717) is 0 Å². The zero-order valence-corrected chi connectivity index (χ0v) is 13.0. The highest BCUT2D eigenvalue weighted by atomic mass is 16.6. The van der Waals surface area contributed by atoms with Crippen LogP contribution >= 0.6 is 0 Å². The van der Waals surface area contributed by atoms with Crippen LogP contribution in [-0.2, 0) is 0 Å². The van der Waals surface area contributed by atoms with Crippen molar-refractivity contribution in [3.05, 3.63) is 22.2 Å². The number of nitrogens with two attached hydrogens (primary N) is 1. The molecule has 0 spiro atoms. The van der Waals surface area contributed by atoms with Crippen LogP contribution in [0.5, 0.6) is 0 Å². The summed E-state index contributed by atoms with van der Waals surface area (Å²) < 4.78 is 0. The molecule has 0 bridgehead atoms. The van der Waals surface area contributed by atoms with E-state index in [0.717, 1.165) is 32.5 Å². The molecule has 0 fully saturated rings. The molecule has 0 amide bonds. The van der Waals surface area contributed by atoms with Gasteiger partial charge in [-0.3, -0.25) is 10.1 Å². The summed E-state index contributed by atoms with van der Waals surface area (Å²) >= 11 is 0. The Morgan fingerprint density at radius 2 is 2.10 bits per heavy atom. The van der Waals surface area contributed by atoms with Crippen molar-refractivity contribution in [2.45, 2.75) is 39.7 Å². The number of nitrogens with zero attached hydrogens (tertiary/aromatic N) is 3. The lowest BCUT2D eigenvalue weighted by Crippen LogP contribution is -2.26. The topological polar surface area (TPSA) is 97.3 Å². The van der Waals surface area contributed by atoms with Gasteiger partial charge in [-0.2, -0.15) is 0 Å². The fourth-order valence-corrected chi connectivity index (χ4v) is 2.19. The first-order valence-electron chi connectivity index (χ1n) is 7.37. The maximum absolute atomic E-state index is 11.0. The number of pyridine rings is 1. The number of nitro groups is 1. The van der Waals surface area contributed by atoms with Gasteiger partial charge in [0.05, 0.1) is 4.92 Å². The number of aromatic nitrogens is 1. The predicted octanol–water partition coefficient (Wildman–Crippen LogP) is 2.49. The lowest BCUT2D eigenvalue weighted by molar-refractivity contribution is -0.384. The molecule has 0 aromatic carbocycles. The summed E-state index contributed by atoms with van der Waals surface area (Å²) in [7, 11) is 0. The first-order valence-corrected chi connectivity index (χ1v) is 7.37. The van der Waals surface area contributed by atoms with E-state index in [-0.39, 0.29) is 23.4 Å². The van der Waals surface area contributed by atoms with Crippen LogP contribution in [0.1, 0.15) is 33.6 Å². The summed E-state index contributed by atoms with van der Waals surface area (Å²) in [5, 5.41) is 14.1. The van der Waals surface area contributed by atoms with Crippen molar-refractivity contribution >= 4 is 17.3 Å². The summed E-state index contributed by atoms with van der Waals surface area (Å²) in [5.74, 6) is 0.522. The van der Waals surface area contributed by atoms with Gasteiger partial charge in [0.1, 0.15) is 5.82 Å². The van der Waals surface area contributed by atoms with Gasteiger partial charge in [-0.25, -0.2) is 4.98 Å². The van der Waals surface area contributed by atoms with Crippen molar-refractivity contribution in [3.8, 4) is 0 Å². The molecule has 0 aliphatic rings. The van der Waals surface area contributed by atoms with Crippen LogP contribution in [0, 0.1) is 10.1 Å². The van der Waals surface area contributed by atoms with E-state index in [1.807, 2.05) is 6.92 Å². The number of hydrogen-bond acceptors (Lipinski definition) is 6. The second-order valence-electron chi connectivity index (χ2n) is 5.08. The standard InChI is InChI=1S/C14H25N5O2/c1-4-18(5-2)10-6-7-11(3)16-14-12(19(20)21)8-9-13(15)17-14/h8-9,11H,4-7,10H2,1-3H3,(H3,15,16,17). The van der Waals surface area contributed by atoms with E-state index in [2.05, 4.69) is 29.0 Å². The van der Waals surface area contributed by atoms with Crippen molar-refractivity contribution in [1.29, 1.82) is 0 Å². The van der Waals surface area contributed by atoms with Gasteiger partial charge < -0.3 is 16.0 Å². The summed E-state index contributed by atoms with van der Waals surface area (Å²) in [4.78, 5) is 16.9. The maximum Gasteiger partial charge on any atom is 0.311 e. The molecule has 1 heterocycles. The van der Waals surface area contributed by atoms with E-state index >= 15 is 0 Å². The van der Waals surface area contributed by atoms with Gasteiger partial charge in [0.15, 0.2) is 0 Å². The Kier molecular flexibility index (Phi) is 6.87. The molecule has 0 aliphatic carbocycles. The molecule has 3 N–H and O–H groups in total. The molecule has 1 aromatic heterocycles. The first kappa shape index (κ1) is 17.2. The third-order valence-electron chi connectivity index (χ3n) is 3.48. The van der Waals surface area contributed by atoms with E-state index in [9.17, 15) is 10.1 Å². The summed E-state index contributed by atoms with van der Waals surface area (Å²) in [6.07, 6.45) is 1.95. The molecule has 7 nitrogen and oxygen atoms in total. The second kappa shape index (κ2) is 8.41. The van der Waals surface area contributed by atoms with Crippen LogP contribution in [0.25, 0.3) is 0 Å². The van der Waals surface area contributed by atoms with Gasteiger partial charge in [-0.15, -0.1) is 0 Å². The molecule has 1 aromatic rings. The van der Waals surface area contributed by atoms with Crippen LogP contribution in [-0.4, -0.2) is 40.5 Å². The zero-order chi connectivity index (χ0) is 15.8.